The van der Waals surface area contributed by atoms with E-state index in [9.17, 15) is 9.59 Å². The monoisotopic (exact) mass is 333 g/mol. The Morgan fingerprint density at radius 2 is 2.28 bits per heavy atom. The summed E-state index contributed by atoms with van der Waals surface area (Å²) in [6.07, 6.45) is -0.808. The molecule has 0 saturated heterocycles. The minimum atomic E-state index is -0.967. The van der Waals surface area contributed by atoms with Gasteiger partial charge in [-0.2, -0.15) is 0 Å². The zero-order valence-corrected chi connectivity index (χ0v) is 11.4. The number of carboxylic acid groups (broad SMARTS) is 1. The molecule has 0 saturated carbocycles. The number of aliphatic carboxylic acids is 1. The van der Waals surface area contributed by atoms with Crippen molar-refractivity contribution in [2.75, 3.05) is 5.32 Å². The van der Waals surface area contributed by atoms with Gasteiger partial charge in [0.15, 0.2) is 6.10 Å². The average Bonchev–Trinajstić information content (AvgIpc) is 2.29. The fraction of sp³-hybridized carbons (Fsp3) is 0.273. The summed E-state index contributed by atoms with van der Waals surface area (Å²) in [4.78, 5) is 22.2. The molecule has 7 heteroatoms. The number of benzene rings is 1. The van der Waals surface area contributed by atoms with Gasteiger partial charge in [-0.15, -0.1) is 0 Å². The van der Waals surface area contributed by atoms with E-state index in [4.69, 9.17) is 21.4 Å². The fourth-order valence-corrected chi connectivity index (χ4v) is 2.09. The number of fused-ring (bicyclic) bond motifs is 1. The van der Waals surface area contributed by atoms with E-state index < -0.39 is 12.1 Å². The number of rotatable bonds is 3. The third kappa shape index (κ3) is 2.76. The Labute approximate surface area is 116 Å². The van der Waals surface area contributed by atoms with E-state index in [1.54, 1.807) is 12.1 Å². The smallest absolute Gasteiger partial charge is 0.303 e. The lowest BCUT2D eigenvalue weighted by Gasteiger charge is -2.25. The fourth-order valence-electron chi connectivity index (χ4n) is 1.59. The van der Waals surface area contributed by atoms with Crippen LogP contribution in [0, 0.1) is 0 Å². The molecule has 1 aliphatic heterocycles. The van der Waals surface area contributed by atoms with Gasteiger partial charge in [-0.25, -0.2) is 0 Å². The summed E-state index contributed by atoms with van der Waals surface area (Å²) < 4.78 is 6.10. The van der Waals surface area contributed by atoms with Crippen LogP contribution in [0.5, 0.6) is 5.75 Å². The Kier molecular flexibility index (Phi) is 3.77. The summed E-state index contributed by atoms with van der Waals surface area (Å²) in [7, 11) is 0. The van der Waals surface area contributed by atoms with Crippen molar-refractivity contribution in [1.29, 1.82) is 0 Å². The molecule has 2 rings (SSSR count). The lowest BCUT2D eigenvalue weighted by atomic mass is 10.1. The second kappa shape index (κ2) is 5.16. The number of amides is 1. The Balaban J connectivity index is 2.19. The minimum Gasteiger partial charge on any atom is -0.481 e. The van der Waals surface area contributed by atoms with Crippen molar-refractivity contribution < 1.29 is 19.4 Å². The highest BCUT2D eigenvalue weighted by atomic mass is 79.9. The number of hydrogen-bond donors (Lipinski definition) is 2. The van der Waals surface area contributed by atoms with E-state index in [2.05, 4.69) is 21.2 Å². The van der Waals surface area contributed by atoms with Crippen molar-refractivity contribution in [3.63, 3.8) is 0 Å². The molecule has 1 aromatic rings. The topological polar surface area (TPSA) is 75.6 Å². The van der Waals surface area contributed by atoms with Crippen molar-refractivity contribution in [3.8, 4) is 5.75 Å². The number of ether oxygens (including phenoxy) is 1. The highest BCUT2D eigenvalue weighted by Crippen LogP contribution is 2.37. The van der Waals surface area contributed by atoms with Crippen LogP contribution in [0.4, 0.5) is 5.69 Å². The largest absolute Gasteiger partial charge is 0.481 e. The molecule has 0 bridgehead atoms. The van der Waals surface area contributed by atoms with Gasteiger partial charge in [0.05, 0.1) is 10.7 Å². The van der Waals surface area contributed by atoms with Gasteiger partial charge in [-0.1, -0.05) is 11.6 Å². The van der Waals surface area contributed by atoms with Gasteiger partial charge in [0.1, 0.15) is 5.75 Å². The van der Waals surface area contributed by atoms with E-state index in [1.165, 1.54) is 0 Å². The molecule has 1 heterocycles. The van der Waals surface area contributed by atoms with Gasteiger partial charge >= 0.3 is 5.97 Å². The maximum Gasteiger partial charge on any atom is 0.303 e. The molecule has 0 spiro atoms. The predicted molar refractivity (Wildman–Crippen MR) is 69.1 cm³/mol. The molecule has 1 aromatic carbocycles. The zero-order chi connectivity index (χ0) is 13.3. The molecule has 1 aliphatic rings. The Hall–Kier alpha value is -1.27. The average molecular weight is 335 g/mol. The van der Waals surface area contributed by atoms with Gasteiger partial charge in [0.25, 0.3) is 5.91 Å². The summed E-state index contributed by atoms with van der Waals surface area (Å²) in [5, 5.41) is 11.7. The van der Waals surface area contributed by atoms with E-state index in [1.807, 2.05) is 0 Å². The first-order valence-corrected chi connectivity index (χ1v) is 6.33. The van der Waals surface area contributed by atoms with Crippen LogP contribution in [0.1, 0.15) is 12.8 Å². The molecule has 1 unspecified atom stereocenters. The number of anilines is 1. The van der Waals surface area contributed by atoms with Crippen molar-refractivity contribution >= 4 is 45.1 Å². The molecule has 96 valence electrons. The van der Waals surface area contributed by atoms with Crippen molar-refractivity contribution in [3.05, 3.63) is 21.6 Å². The summed E-state index contributed by atoms with van der Waals surface area (Å²) >= 11 is 9.17. The van der Waals surface area contributed by atoms with Crippen LogP contribution >= 0.6 is 27.5 Å². The Morgan fingerprint density at radius 1 is 1.56 bits per heavy atom. The Morgan fingerprint density at radius 3 is 2.94 bits per heavy atom. The van der Waals surface area contributed by atoms with Gasteiger partial charge in [0, 0.05) is 23.4 Å². The molecule has 18 heavy (non-hydrogen) atoms. The lowest BCUT2D eigenvalue weighted by molar-refractivity contribution is -0.137. The number of hydrogen-bond acceptors (Lipinski definition) is 3. The SMILES string of the molecule is O=C(O)CCC1Oc2cc(Cl)c(Br)cc2NC1=O. The van der Waals surface area contributed by atoms with Gasteiger partial charge < -0.3 is 15.2 Å². The predicted octanol–water partition coefficient (Wildman–Crippen LogP) is 2.67. The molecular formula is C11H9BrClNO4. The summed E-state index contributed by atoms with van der Waals surface area (Å²) in [5.41, 5.74) is 0.517. The number of carbonyl (C=O) groups excluding carboxylic acids is 1. The molecule has 1 amide bonds. The third-order valence-electron chi connectivity index (χ3n) is 2.46. The minimum absolute atomic E-state index is 0.119. The van der Waals surface area contributed by atoms with Crippen molar-refractivity contribution in [2.45, 2.75) is 18.9 Å². The van der Waals surface area contributed by atoms with Crippen LogP contribution in [-0.2, 0) is 9.59 Å². The molecule has 5 nitrogen and oxygen atoms in total. The van der Waals surface area contributed by atoms with Gasteiger partial charge in [0.2, 0.25) is 0 Å². The van der Waals surface area contributed by atoms with Crippen LogP contribution < -0.4 is 10.1 Å². The molecule has 0 aromatic heterocycles. The summed E-state index contributed by atoms with van der Waals surface area (Å²) in [6, 6.07) is 3.22. The molecule has 0 radical (unpaired) electrons. The maximum atomic E-state index is 11.7. The summed E-state index contributed by atoms with van der Waals surface area (Å²) in [6.45, 7) is 0. The molecular weight excluding hydrogens is 325 g/mol. The van der Waals surface area contributed by atoms with Crippen LogP contribution in [0.15, 0.2) is 16.6 Å². The van der Waals surface area contributed by atoms with Gasteiger partial charge in [-0.05, 0) is 22.0 Å². The lowest BCUT2D eigenvalue weighted by Crippen LogP contribution is -2.37. The zero-order valence-electron chi connectivity index (χ0n) is 9.07. The Bertz CT molecular complexity index is 520. The quantitative estimate of drug-likeness (QED) is 0.891. The first kappa shape index (κ1) is 13.2. The second-order valence-corrected chi connectivity index (χ2v) is 5.05. The van der Waals surface area contributed by atoms with Crippen molar-refractivity contribution in [1.82, 2.24) is 0 Å². The summed E-state index contributed by atoms with van der Waals surface area (Å²) in [5.74, 6) is -0.873. The standard InChI is InChI=1S/C11H9BrClNO4/c12-5-3-7-9(4-6(5)13)18-8(11(17)14-7)1-2-10(15)16/h3-4,8H,1-2H2,(H,14,17)(H,15,16). The van der Waals surface area contributed by atoms with Crippen LogP contribution in [0.3, 0.4) is 0 Å². The van der Waals surface area contributed by atoms with Crippen molar-refractivity contribution in [2.24, 2.45) is 0 Å². The van der Waals surface area contributed by atoms with Crippen LogP contribution in [0.25, 0.3) is 0 Å². The number of carboxylic acids is 1. The first-order chi connectivity index (χ1) is 8.47. The second-order valence-electron chi connectivity index (χ2n) is 3.79. The molecule has 2 N–H and O–H groups in total. The maximum absolute atomic E-state index is 11.7. The normalized spacial score (nSPS) is 17.7. The van der Waals surface area contributed by atoms with E-state index in [0.29, 0.717) is 20.9 Å². The van der Waals surface area contributed by atoms with E-state index >= 15 is 0 Å². The van der Waals surface area contributed by atoms with E-state index in [0.717, 1.165) is 0 Å². The molecule has 0 fully saturated rings. The highest BCUT2D eigenvalue weighted by molar-refractivity contribution is 9.10. The van der Waals surface area contributed by atoms with E-state index in [-0.39, 0.29) is 18.7 Å². The number of nitrogens with one attached hydrogen (secondary N) is 1. The number of carbonyl (C=O) groups is 2. The third-order valence-corrected chi connectivity index (χ3v) is 3.66. The number of halogens is 2. The highest BCUT2D eigenvalue weighted by Gasteiger charge is 2.28. The molecule has 1 atom stereocenters. The molecule has 0 aliphatic carbocycles. The first-order valence-electron chi connectivity index (χ1n) is 5.15. The van der Waals surface area contributed by atoms with Crippen LogP contribution in [-0.4, -0.2) is 23.1 Å². The van der Waals surface area contributed by atoms with Crippen LogP contribution in [0.2, 0.25) is 5.02 Å². The van der Waals surface area contributed by atoms with Gasteiger partial charge in [-0.3, -0.25) is 9.59 Å².